The molecule has 0 heterocycles. The van der Waals surface area contributed by atoms with E-state index in [0.717, 1.165) is 9.92 Å². The third-order valence-electron chi connectivity index (χ3n) is 1.01. The molecule has 0 fully saturated rings. The van der Waals surface area contributed by atoms with Crippen molar-refractivity contribution in [2.45, 2.75) is 4.90 Å². The van der Waals surface area contributed by atoms with Gasteiger partial charge in [0.2, 0.25) is 0 Å². The lowest BCUT2D eigenvalue weighted by atomic mass is 10.4. The van der Waals surface area contributed by atoms with Crippen LogP contribution >= 0.6 is 35.2 Å². The molecule has 0 aliphatic heterocycles. The molecule has 0 unspecified atom stereocenters. The quantitative estimate of drug-likeness (QED) is 0.556. The van der Waals surface area contributed by atoms with Crippen LogP contribution < -0.4 is 0 Å². The van der Waals surface area contributed by atoms with Crippen LogP contribution in [-0.2, 0) is 4.18 Å². The van der Waals surface area contributed by atoms with Crippen molar-refractivity contribution in [3.05, 3.63) is 29.3 Å². The molecule has 0 aliphatic rings. The highest BCUT2D eigenvalue weighted by Gasteiger charge is 1.92. The fourth-order valence-electron chi connectivity index (χ4n) is 0.580. The Bertz CT molecular complexity index is 212. The zero-order valence-electron chi connectivity index (χ0n) is 5.59. The summed E-state index contributed by atoms with van der Waals surface area (Å²) in [5, 5.41) is 0.722. The number of hydrogen-bond acceptors (Lipinski definition) is 2. The fourth-order valence-corrected chi connectivity index (χ4v) is 1.27. The van der Waals surface area contributed by atoms with Crippen molar-refractivity contribution >= 4 is 35.2 Å². The first-order chi connectivity index (χ1) is 5.33. The second kappa shape index (κ2) is 4.88. The summed E-state index contributed by atoms with van der Waals surface area (Å²) < 4.78 is 4.90. The highest BCUT2D eigenvalue weighted by atomic mass is 35.5. The van der Waals surface area contributed by atoms with Gasteiger partial charge in [0.25, 0.3) is 0 Å². The molecule has 4 heteroatoms. The van der Waals surface area contributed by atoms with Gasteiger partial charge in [-0.05, 0) is 24.3 Å². The van der Waals surface area contributed by atoms with Gasteiger partial charge in [0.05, 0.1) is 0 Å². The van der Waals surface area contributed by atoms with Crippen molar-refractivity contribution in [2.24, 2.45) is 0 Å². The lowest BCUT2D eigenvalue weighted by Gasteiger charge is -1.97. The molecule has 0 spiro atoms. The molecule has 0 amide bonds. The summed E-state index contributed by atoms with van der Waals surface area (Å²) in [6, 6.07) is 7.55. The highest BCUT2D eigenvalue weighted by Crippen LogP contribution is 2.20. The Kier molecular flexibility index (Phi) is 4.08. The molecular weight excluding hydrogens is 203 g/mol. The molecule has 60 valence electrons. The molecule has 0 N–H and O–H groups in total. The summed E-state index contributed by atoms with van der Waals surface area (Å²) in [6.07, 6.45) is 0. The molecule has 0 aromatic heterocycles. The van der Waals surface area contributed by atoms with E-state index in [1.165, 1.54) is 12.0 Å². The van der Waals surface area contributed by atoms with Gasteiger partial charge in [0, 0.05) is 22.0 Å². The topological polar surface area (TPSA) is 9.23 Å². The maximum Gasteiger partial charge on any atom is 0.135 e. The Morgan fingerprint density at radius 1 is 1.27 bits per heavy atom. The fraction of sp³-hybridized carbons (Fsp3) is 0.143. The van der Waals surface area contributed by atoms with Crippen LogP contribution in [0.15, 0.2) is 29.2 Å². The van der Waals surface area contributed by atoms with Gasteiger partial charge in [-0.3, -0.25) is 4.18 Å². The second-order valence-corrected chi connectivity index (χ2v) is 3.29. The Hall–Kier alpha value is 0.110. The van der Waals surface area contributed by atoms with E-state index in [1.54, 1.807) is 0 Å². The van der Waals surface area contributed by atoms with Crippen molar-refractivity contribution in [1.82, 2.24) is 0 Å². The molecule has 1 nitrogen and oxygen atoms in total. The summed E-state index contributed by atoms with van der Waals surface area (Å²) in [7, 11) is 0. The smallest absolute Gasteiger partial charge is 0.135 e. The first-order valence-electron chi connectivity index (χ1n) is 2.94. The molecule has 11 heavy (non-hydrogen) atoms. The van der Waals surface area contributed by atoms with Gasteiger partial charge in [-0.2, -0.15) is 0 Å². The first kappa shape index (κ1) is 9.20. The molecule has 1 rings (SSSR count). The molecule has 0 bridgehead atoms. The predicted octanol–water partition coefficient (Wildman–Crippen LogP) is 3.56. The van der Waals surface area contributed by atoms with Crippen molar-refractivity contribution in [1.29, 1.82) is 0 Å². The maximum absolute atomic E-state index is 5.67. The van der Waals surface area contributed by atoms with Crippen molar-refractivity contribution in [3.63, 3.8) is 0 Å². The third kappa shape index (κ3) is 3.34. The van der Waals surface area contributed by atoms with Crippen molar-refractivity contribution < 1.29 is 4.18 Å². The minimum atomic E-state index is 0.188. The number of hydrogen-bond donors (Lipinski definition) is 0. The van der Waals surface area contributed by atoms with Crippen molar-refractivity contribution in [2.75, 3.05) is 6.07 Å². The number of halogens is 2. The summed E-state index contributed by atoms with van der Waals surface area (Å²) in [5.41, 5.74) is 0. The van der Waals surface area contributed by atoms with E-state index in [2.05, 4.69) is 0 Å². The zero-order valence-corrected chi connectivity index (χ0v) is 7.92. The summed E-state index contributed by atoms with van der Waals surface area (Å²) in [4.78, 5) is 0.995. The summed E-state index contributed by atoms with van der Waals surface area (Å²) in [5.74, 6) is 0. The van der Waals surface area contributed by atoms with E-state index in [4.69, 9.17) is 27.4 Å². The van der Waals surface area contributed by atoms with E-state index in [9.17, 15) is 0 Å². The lowest BCUT2D eigenvalue weighted by molar-refractivity contribution is 0.458. The third-order valence-corrected chi connectivity index (χ3v) is 2.20. The molecule has 0 saturated carbocycles. The molecule has 1 aromatic rings. The summed E-state index contributed by atoms with van der Waals surface area (Å²) >= 11 is 12.2. The molecule has 0 radical (unpaired) electrons. The molecular formula is C7H6Cl2OS. The van der Waals surface area contributed by atoms with Crippen LogP contribution in [0.4, 0.5) is 0 Å². The van der Waals surface area contributed by atoms with Gasteiger partial charge in [0.1, 0.15) is 6.07 Å². The Balaban J connectivity index is 2.52. The Morgan fingerprint density at radius 3 is 2.45 bits per heavy atom. The van der Waals surface area contributed by atoms with Crippen LogP contribution in [0.2, 0.25) is 5.02 Å². The van der Waals surface area contributed by atoms with Gasteiger partial charge < -0.3 is 0 Å². The minimum Gasteiger partial charge on any atom is -0.294 e. The minimum absolute atomic E-state index is 0.188. The average Bonchev–Trinajstić information content (AvgIpc) is 2.04. The Morgan fingerprint density at radius 2 is 1.91 bits per heavy atom. The number of benzene rings is 1. The highest BCUT2D eigenvalue weighted by molar-refractivity contribution is 7.94. The largest absolute Gasteiger partial charge is 0.294 e. The Labute approximate surface area is 79.8 Å². The van der Waals surface area contributed by atoms with Gasteiger partial charge >= 0.3 is 0 Å². The average molecular weight is 209 g/mol. The van der Waals surface area contributed by atoms with Crippen LogP contribution in [0.1, 0.15) is 0 Å². The zero-order chi connectivity index (χ0) is 8.10. The number of alkyl halides is 1. The molecule has 0 saturated heterocycles. The van der Waals surface area contributed by atoms with Gasteiger partial charge in [0.15, 0.2) is 0 Å². The van der Waals surface area contributed by atoms with E-state index in [-0.39, 0.29) is 6.07 Å². The summed E-state index contributed by atoms with van der Waals surface area (Å²) in [6.45, 7) is 0. The van der Waals surface area contributed by atoms with E-state index in [1.807, 2.05) is 24.3 Å². The first-order valence-corrected chi connectivity index (χ1v) is 4.59. The molecule has 0 aliphatic carbocycles. The number of rotatable bonds is 3. The maximum atomic E-state index is 5.67. The van der Waals surface area contributed by atoms with Crippen LogP contribution in [0.25, 0.3) is 0 Å². The van der Waals surface area contributed by atoms with Crippen molar-refractivity contribution in [3.8, 4) is 0 Å². The van der Waals surface area contributed by atoms with E-state index < -0.39 is 0 Å². The second-order valence-electron chi connectivity index (χ2n) is 1.76. The monoisotopic (exact) mass is 208 g/mol. The van der Waals surface area contributed by atoms with Crippen LogP contribution in [-0.4, -0.2) is 6.07 Å². The van der Waals surface area contributed by atoms with Gasteiger partial charge in [-0.1, -0.05) is 23.2 Å². The van der Waals surface area contributed by atoms with E-state index in [0.29, 0.717) is 0 Å². The van der Waals surface area contributed by atoms with Gasteiger partial charge in [-0.15, -0.1) is 0 Å². The lowest BCUT2D eigenvalue weighted by Crippen LogP contribution is -1.74. The normalized spacial score (nSPS) is 10.0. The van der Waals surface area contributed by atoms with Crippen LogP contribution in [0.5, 0.6) is 0 Å². The standard InChI is InChI=1S/C7H6Cl2OS/c8-5-10-11-7-3-1-6(9)2-4-7/h1-4H,5H2. The van der Waals surface area contributed by atoms with Crippen LogP contribution in [0, 0.1) is 0 Å². The SMILES string of the molecule is ClCOSc1ccc(Cl)cc1. The molecule has 1 aromatic carbocycles. The van der Waals surface area contributed by atoms with E-state index >= 15 is 0 Å². The van der Waals surface area contributed by atoms with Crippen LogP contribution in [0.3, 0.4) is 0 Å². The molecule has 0 atom stereocenters. The van der Waals surface area contributed by atoms with Gasteiger partial charge in [-0.25, -0.2) is 0 Å². The predicted molar refractivity (Wildman–Crippen MR) is 49.1 cm³/mol.